The zero-order valence-electron chi connectivity index (χ0n) is 18.1. The van der Waals surface area contributed by atoms with E-state index in [0.717, 1.165) is 5.56 Å². The molecule has 161 valence electrons. The molecule has 0 saturated carbocycles. The third-order valence-electron chi connectivity index (χ3n) is 5.53. The second-order valence-corrected chi connectivity index (χ2v) is 10.1. The van der Waals surface area contributed by atoms with Gasteiger partial charge in [0.25, 0.3) is 0 Å². The molecule has 0 bridgehead atoms. The van der Waals surface area contributed by atoms with Crippen LogP contribution in [0.2, 0.25) is 0 Å². The second-order valence-electron chi connectivity index (χ2n) is 7.81. The van der Waals surface area contributed by atoms with Crippen LogP contribution in [0.25, 0.3) is 0 Å². The van der Waals surface area contributed by atoms with E-state index in [4.69, 9.17) is 4.74 Å². The minimum absolute atomic E-state index is 0. The fourth-order valence-electron chi connectivity index (χ4n) is 3.93. The van der Waals surface area contributed by atoms with E-state index < -0.39 is 14.0 Å². The van der Waals surface area contributed by atoms with Crippen molar-refractivity contribution in [1.29, 1.82) is 0 Å². The molecule has 3 radical (unpaired) electrons. The van der Waals surface area contributed by atoms with E-state index in [-0.39, 0.29) is 32.9 Å². The summed E-state index contributed by atoms with van der Waals surface area (Å²) < 4.78 is 5.27. The number of rotatable bonds is 7. The smallest absolute Gasteiger partial charge is 0.416 e. The van der Waals surface area contributed by atoms with Crippen molar-refractivity contribution in [2.75, 3.05) is 12.8 Å². The molecule has 4 nitrogen and oxygen atoms in total. The average molecular weight is 442 g/mol. The summed E-state index contributed by atoms with van der Waals surface area (Å²) in [4.78, 5) is 27.2. The van der Waals surface area contributed by atoms with Crippen LogP contribution in [0.15, 0.2) is 91.0 Å². The lowest BCUT2D eigenvalue weighted by atomic mass is 10.0. The van der Waals surface area contributed by atoms with Crippen LogP contribution in [0.3, 0.4) is 0 Å². The summed E-state index contributed by atoms with van der Waals surface area (Å²) in [5, 5.41) is 2.46. The van der Waals surface area contributed by atoms with Crippen molar-refractivity contribution >= 4 is 38.9 Å². The third kappa shape index (κ3) is 5.47. The molecule has 1 aliphatic rings. The van der Waals surface area contributed by atoms with Gasteiger partial charge in [-0.25, -0.2) is 9.69 Å². The standard InChI is InChI=1S/C26H26NO3P.B/c1-20(19-31(23-13-7-3-8-14-23)24-15-9-4-10-16-24)25(28)27-22(18-30-26(27)29)17-21-11-5-2-6-12-21;/h2-16,20,22H,17-19H2,1H3;/t20-,22-;/m0./s1. The highest BCUT2D eigenvalue weighted by Gasteiger charge is 2.40. The fraction of sp³-hybridized carbons (Fsp3) is 0.231. The van der Waals surface area contributed by atoms with Crippen molar-refractivity contribution in [3.63, 3.8) is 0 Å². The topological polar surface area (TPSA) is 46.6 Å². The maximum Gasteiger partial charge on any atom is 0.416 e. The highest BCUT2D eigenvalue weighted by atomic mass is 31.1. The molecule has 1 aliphatic heterocycles. The molecule has 1 saturated heterocycles. The van der Waals surface area contributed by atoms with E-state index in [1.165, 1.54) is 15.5 Å². The van der Waals surface area contributed by atoms with E-state index in [2.05, 4.69) is 24.3 Å². The summed E-state index contributed by atoms with van der Waals surface area (Å²) in [7, 11) is -0.713. The van der Waals surface area contributed by atoms with Gasteiger partial charge in [0.15, 0.2) is 0 Å². The number of ether oxygens (including phenoxy) is 1. The summed E-state index contributed by atoms with van der Waals surface area (Å²) in [6.45, 7) is 2.17. The molecule has 2 atom stereocenters. The van der Waals surface area contributed by atoms with E-state index in [1.807, 2.05) is 73.7 Å². The van der Waals surface area contributed by atoms with Crippen LogP contribution in [0.4, 0.5) is 4.79 Å². The predicted octanol–water partition coefficient (Wildman–Crippen LogP) is 3.96. The Bertz CT molecular complexity index is 978. The number of cyclic esters (lactones) is 1. The molecule has 1 heterocycles. The molecule has 0 aliphatic carbocycles. The van der Waals surface area contributed by atoms with Crippen LogP contribution in [0.1, 0.15) is 12.5 Å². The van der Waals surface area contributed by atoms with Crippen molar-refractivity contribution in [3.05, 3.63) is 96.6 Å². The molecule has 3 aromatic rings. The minimum atomic E-state index is -0.713. The van der Waals surface area contributed by atoms with Crippen LogP contribution in [-0.2, 0) is 16.0 Å². The number of benzene rings is 3. The molecule has 0 N–H and O–H groups in total. The first-order chi connectivity index (χ1) is 15.1. The van der Waals surface area contributed by atoms with Gasteiger partial charge in [-0.2, -0.15) is 0 Å². The van der Waals surface area contributed by atoms with E-state index >= 15 is 0 Å². The van der Waals surface area contributed by atoms with Crippen molar-refractivity contribution in [2.24, 2.45) is 5.92 Å². The molecular weight excluding hydrogens is 416 g/mol. The van der Waals surface area contributed by atoms with Gasteiger partial charge >= 0.3 is 6.09 Å². The third-order valence-corrected chi connectivity index (χ3v) is 8.28. The Kier molecular flexibility index (Phi) is 8.24. The van der Waals surface area contributed by atoms with E-state index in [1.54, 1.807) is 0 Å². The summed E-state index contributed by atoms with van der Waals surface area (Å²) in [5.41, 5.74) is 1.09. The van der Waals surface area contributed by atoms with Gasteiger partial charge in [0.1, 0.15) is 6.61 Å². The predicted molar refractivity (Wildman–Crippen MR) is 131 cm³/mol. The Morgan fingerprint density at radius 2 is 1.44 bits per heavy atom. The first-order valence-electron chi connectivity index (χ1n) is 10.5. The maximum atomic E-state index is 13.4. The van der Waals surface area contributed by atoms with Gasteiger partial charge in [0.05, 0.1) is 6.04 Å². The van der Waals surface area contributed by atoms with Crippen molar-refractivity contribution < 1.29 is 14.3 Å². The Morgan fingerprint density at radius 1 is 0.938 bits per heavy atom. The molecule has 3 aromatic carbocycles. The van der Waals surface area contributed by atoms with Crippen molar-refractivity contribution in [2.45, 2.75) is 19.4 Å². The average Bonchev–Trinajstić information content (AvgIpc) is 3.18. The summed E-state index contributed by atoms with van der Waals surface area (Å²) in [5.74, 6) is -0.446. The number of hydrogen-bond donors (Lipinski definition) is 0. The number of amides is 2. The van der Waals surface area contributed by atoms with Gasteiger partial charge in [0, 0.05) is 14.3 Å². The largest absolute Gasteiger partial charge is 0.447 e. The SMILES string of the molecule is C[C@@H](CP(c1ccccc1)c1ccccc1)C(=O)N1C(=O)OC[C@@H]1Cc1ccccc1.[B]. The second kappa shape index (κ2) is 11.1. The quantitative estimate of drug-likeness (QED) is 0.411. The van der Waals surface area contributed by atoms with Gasteiger partial charge < -0.3 is 4.74 Å². The zero-order valence-corrected chi connectivity index (χ0v) is 19.0. The number of carbonyl (C=O) groups is 2. The zero-order chi connectivity index (χ0) is 21.6. The van der Waals surface area contributed by atoms with Gasteiger partial charge in [0.2, 0.25) is 5.91 Å². The molecule has 6 heteroatoms. The van der Waals surface area contributed by atoms with Gasteiger partial charge in [-0.3, -0.25) is 4.79 Å². The maximum absolute atomic E-state index is 13.4. The number of hydrogen-bond acceptors (Lipinski definition) is 3. The van der Waals surface area contributed by atoms with Crippen molar-refractivity contribution in [1.82, 2.24) is 4.90 Å². The van der Waals surface area contributed by atoms with Crippen LogP contribution < -0.4 is 10.6 Å². The molecular formula is C26H26BNO3P. The van der Waals surface area contributed by atoms with E-state index in [9.17, 15) is 9.59 Å². The monoisotopic (exact) mass is 442 g/mol. The first-order valence-corrected chi connectivity index (χ1v) is 12.1. The Balaban J connectivity index is 0.00000289. The van der Waals surface area contributed by atoms with E-state index in [0.29, 0.717) is 12.6 Å². The number of imide groups is 1. The van der Waals surface area contributed by atoms with Gasteiger partial charge in [-0.1, -0.05) is 97.9 Å². The lowest BCUT2D eigenvalue weighted by Gasteiger charge is -2.26. The summed E-state index contributed by atoms with van der Waals surface area (Å²) in [6.07, 6.45) is 0.766. The van der Waals surface area contributed by atoms with Crippen LogP contribution in [0, 0.1) is 5.92 Å². The number of carbonyl (C=O) groups excluding carboxylic acids is 2. The molecule has 2 amide bonds. The molecule has 0 aromatic heterocycles. The Morgan fingerprint density at radius 3 is 1.97 bits per heavy atom. The Labute approximate surface area is 192 Å². The molecule has 0 unspecified atom stereocenters. The molecule has 4 rings (SSSR count). The number of nitrogens with zero attached hydrogens (tertiary/aromatic N) is 1. The molecule has 1 fully saturated rings. The molecule has 0 spiro atoms. The minimum Gasteiger partial charge on any atom is -0.447 e. The summed E-state index contributed by atoms with van der Waals surface area (Å²) >= 11 is 0. The van der Waals surface area contributed by atoms with Crippen LogP contribution in [-0.4, -0.2) is 44.1 Å². The normalized spacial score (nSPS) is 16.4. The highest BCUT2D eigenvalue weighted by Crippen LogP contribution is 2.36. The summed E-state index contributed by atoms with van der Waals surface area (Å²) in [6, 6.07) is 30.3. The highest BCUT2D eigenvalue weighted by molar-refractivity contribution is 7.73. The van der Waals surface area contributed by atoms with Gasteiger partial charge in [-0.15, -0.1) is 0 Å². The Hall–Kier alpha value is -2.91. The van der Waals surface area contributed by atoms with Crippen LogP contribution in [0.5, 0.6) is 0 Å². The van der Waals surface area contributed by atoms with Crippen molar-refractivity contribution in [3.8, 4) is 0 Å². The molecule has 32 heavy (non-hydrogen) atoms. The first kappa shape index (κ1) is 23.8. The van der Waals surface area contributed by atoms with Gasteiger partial charge in [-0.05, 0) is 36.7 Å². The lowest BCUT2D eigenvalue weighted by Crippen LogP contribution is -2.44. The fourth-order valence-corrected chi connectivity index (χ4v) is 6.42. The van der Waals surface area contributed by atoms with Crippen LogP contribution >= 0.6 is 7.92 Å². The lowest BCUT2D eigenvalue weighted by molar-refractivity contribution is -0.132.